The predicted octanol–water partition coefficient (Wildman–Crippen LogP) is 13.5. The van der Waals surface area contributed by atoms with Crippen LogP contribution in [-0.4, -0.2) is 10.5 Å². The summed E-state index contributed by atoms with van der Waals surface area (Å²) in [6.07, 6.45) is 12.9. The van der Waals surface area contributed by atoms with Crippen molar-refractivity contribution in [2.24, 2.45) is 4.99 Å². The van der Waals surface area contributed by atoms with Gasteiger partial charge in [-0.05, 0) is 0 Å². The number of hydrogen-bond donors (Lipinski definition) is 0. The Kier molecular flexibility index (Phi) is 14.2. The number of aliphatic imine (C=N–C) groups is 1. The molecule has 0 radical (unpaired) electrons. The standard InChI is InChI=1S/C40H53Cl3N3.Pd/c1-9-26(10-2)30-19-17-20-31(27(11-3)12-4)37(30)45-23-24-46(40(45)35-34(41)25-44-39(43)36(35)42)38-32(28(13-5)14-6)21-18-22-33(38)29(15-7)16-8;/h17-24,26-29,36H,9-16H2,1-8H3;. The summed E-state index contributed by atoms with van der Waals surface area (Å²) in [6.45, 7) is 18.4. The molecule has 0 spiro atoms. The summed E-state index contributed by atoms with van der Waals surface area (Å²) in [4.78, 5) is 9.26. The van der Waals surface area contributed by atoms with E-state index in [2.05, 4.69) is 138 Å². The average molecular weight is 789 g/mol. The predicted molar refractivity (Wildman–Crippen MR) is 203 cm³/mol. The molecule has 7 heteroatoms. The van der Waals surface area contributed by atoms with E-state index < -0.39 is 5.38 Å². The Morgan fingerprint density at radius 2 is 0.936 bits per heavy atom. The zero-order valence-corrected chi connectivity index (χ0v) is 33.3. The van der Waals surface area contributed by atoms with Gasteiger partial charge in [0, 0.05) is 0 Å². The van der Waals surface area contributed by atoms with Crippen LogP contribution in [0.25, 0.3) is 0 Å². The van der Waals surface area contributed by atoms with Crippen LogP contribution in [0.4, 0.5) is 11.4 Å². The van der Waals surface area contributed by atoms with Gasteiger partial charge in [0.25, 0.3) is 0 Å². The Balaban J connectivity index is 2.18. The third-order valence-electron chi connectivity index (χ3n) is 10.5. The van der Waals surface area contributed by atoms with Gasteiger partial charge in [0.1, 0.15) is 0 Å². The molecule has 1 atom stereocenters. The first kappa shape index (κ1) is 38.3. The van der Waals surface area contributed by atoms with Gasteiger partial charge in [0.05, 0.1) is 0 Å². The first-order valence-electron chi connectivity index (χ1n) is 17.8. The van der Waals surface area contributed by atoms with E-state index in [0.29, 0.717) is 38.0 Å². The molecule has 259 valence electrons. The van der Waals surface area contributed by atoms with Crippen LogP contribution in [0.1, 0.15) is 153 Å². The number of benzene rings is 2. The number of alkyl halides is 1. The second kappa shape index (κ2) is 17.4. The number of nitrogens with zero attached hydrogens (tertiary/aromatic N) is 3. The first-order valence-corrected chi connectivity index (χ1v) is 19.8. The van der Waals surface area contributed by atoms with Crippen LogP contribution >= 0.6 is 34.8 Å². The van der Waals surface area contributed by atoms with E-state index in [9.17, 15) is 0 Å². The van der Waals surface area contributed by atoms with E-state index in [-0.39, 0.29) is 0 Å². The Bertz CT molecular complexity index is 1370. The Morgan fingerprint density at radius 1 is 0.617 bits per heavy atom. The summed E-state index contributed by atoms with van der Waals surface area (Å²) >= 11 is 24.6. The molecular weight excluding hydrogens is 735 g/mol. The molecule has 47 heavy (non-hydrogen) atoms. The third-order valence-corrected chi connectivity index (χ3v) is 12.5. The van der Waals surface area contributed by atoms with Crippen molar-refractivity contribution in [1.29, 1.82) is 0 Å². The Hall–Kier alpha value is -1.54. The van der Waals surface area contributed by atoms with Gasteiger partial charge in [0.2, 0.25) is 0 Å². The zero-order chi connectivity index (χ0) is 34.4. The summed E-state index contributed by atoms with van der Waals surface area (Å²) < 4.78 is 0.535. The van der Waals surface area contributed by atoms with Crippen molar-refractivity contribution in [2.75, 3.05) is 9.80 Å². The van der Waals surface area contributed by atoms with E-state index in [1.54, 1.807) is 0 Å². The molecule has 2 aromatic carbocycles. The van der Waals surface area contributed by atoms with E-state index >= 15 is 0 Å². The van der Waals surface area contributed by atoms with Crippen molar-refractivity contribution in [3.05, 3.63) is 91.6 Å². The summed E-state index contributed by atoms with van der Waals surface area (Å²) in [5.74, 6) is 2.57. The Labute approximate surface area is 310 Å². The van der Waals surface area contributed by atoms with Gasteiger partial charge in [-0.2, -0.15) is 0 Å². The second-order valence-corrected chi connectivity index (χ2v) is 14.7. The number of halogens is 3. The normalized spacial score (nSPS) is 17.1. The van der Waals surface area contributed by atoms with Crippen molar-refractivity contribution in [2.45, 2.75) is 136 Å². The van der Waals surface area contributed by atoms with E-state index in [4.69, 9.17) is 34.8 Å². The van der Waals surface area contributed by atoms with Crippen LogP contribution < -0.4 is 9.80 Å². The molecule has 4 rings (SSSR count). The van der Waals surface area contributed by atoms with Crippen LogP contribution in [0.3, 0.4) is 0 Å². The molecule has 2 aromatic rings. The molecule has 2 heterocycles. The van der Waals surface area contributed by atoms with Gasteiger partial charge in [-0.1, -0.05) is 0 Å². The molecule has 0 saturated heterocycles. The fraction of sp³-hybridized carbons (Fsp3) is 0.525. The van der Waals surface area contributed by atoms with Crippen molar-refractivity contribution in [3.63, 3.8) is 0 Å². The van der Waals surface area contributed by atoms with Crippen molar-refractivity contribution < 1.29 is 19.2 Å². The van der Waals surface area contributed by atoms with Gasteiger partial charge in [0.15, 0.2) is 0 Å². The summed E-state index contributed by atoms with van der Waals surface area (Å²) in [5, 5.41) is 0.110. The summed E-state index contributed by atoms with van der Waals surface area (Å²) in [5.41, 5.74) is 8.70. The molecule has 0 N–H and O–H groups in total. The fourth-order valence-corrected chi connectivity index (χ4v) is 8.93. The third kappa shape index (κ3) is 7.49. The minimum absolute atomic E-state index is 0.314. The quantitative estimate of drug-likeness (QED) is 0.140. The van der Waals surface area contributed by atoms with Crippen LogP contribution in [0.2, 0.25) is 0 Å². The molecule has 2 aliphatic rings. The van der Waals surface area contributed by atoms with Gasteiger partial charge < -0.3 is 0 Å². The maximum absolute atomic E-state index is 7.27. The van der Waals surface area contributed by atoms with E-state index in [1.165, 1.54) is 33.6 Å². The van der Waals surface area contributed by atoms with Gasteiger partial charge >= 0.3 is 313 Å². The Morgan fingerprint density at radius 3 is 1.23 bits per heavy atom. The number of hydrogen-bond acceptors (Lipinski definition) is 3. The first-order chi connectivity index (χ1) is 22.7. The maximum atomic E-state index is 7.27. The van der Waals surface area contributed by atoms with Crippen molar-refractivity contribution in [3.8, 4) is 0 Å². The molecule has 0 bridgehead atoms. The number of para-hydroxylation sites is 2. The van der Waals surface area contributed by atoms with Crippen LogP contribution in [0.15, 0.2) is 74.4 Å². The fourth-order valence-electron chi connectivity index (χ4n) is 7.70. The summed E-state index contributed by atoms with van der Waals surface area (Å²) in [7, 11) is 0. The molecule has 0 aliphatic carbocycles. The monoisotopic (exact) mass is 786 g/mol. The molecule has 2 aliphatic heterocycles. The molecule has 0 fully saturated rings. The molecule has 1 unspecified atom stereocenters. The van der Waals surface area contributed by atoms with E-state index in [1.807, 2.05) is 0 Å². The van der Waals surface area contributed by atoms with Crippen molar-refractivity contribution >= 4 is 51.3 Å². The van der Waals surface area contributed by atoms with Crippen LogP contribution in [0.5, 0.6) is 0 Å². The number of anilines is 2. The number of rotatable bonds is 14. The van der Waals surface area contributed by atoms with Gasteiger partial charge in [-0.15, -0.1) is 0 Å². The minimum atomic E-state index is -0.703. The topological polar surface area (TPSA) is 18.8 Å². The second-order valence-electron chi connectivity index (χ2n) is 12.8. The van der Waals surface area contributed by atoms with Crippen molar-refractivity contribution in [1.82, 2.24) is 0 Å². The average Bonchev–Trinajstić information content (AvgIpc) is 3.50. The SMILES string of the molecule is CCC(CC)c1cccc(C(CC)CC)c1N1C=CN(c2c(C(CC)CC)cccc2C(CC)CC)C1=C1C(Cl)=[C]([Pd])N=C(Cl)C1Cl. The number of allylic oxidation sites excluding steroid dienone is 2. The molecule has 0 saturated carbocycles. The zero-order valence-electron chi connectivity index (χ0n) is 29.5. The van der Waals surface area contributed by atoms with E-state index in [0.717, 1.165) is 62.8 Å². The molecular formula is C40H53Cl3N3Pd. The van der Waals surface area contributed by atoms with Crippen LogP contribution in [0, 0.1) is 0 Å². The van der Waals surface area contributed by atoms with Gasteiger partial charge in [-0.25, -0.2) is 0 Å². The molecule has 3 nitrogen and oxygen atoms in total. The molecule has 0 amide bonds. The van der Waals surface area contributed by atoms with Gasteiger partial charge in [-0.3, -0.25) is 0 Å². The molecule has 0 aromatic heterocycles. The summed E-state index contributed by atoms with van der Waals surface area (Å²) in [6, 6.07) is 13.8. The van der Waals surface area contributed by atoms with Crippen LogP contribution in [-0.2, 0) is 19.2 Å².